The molecule has 2 aliphatic heterocycles. The predicted octanol–water partition coefficient (Wildman–Crippen LogP) is 5.27. The number of carbonyl (C=O) groups is 3. The summed E-state index contributed by atoms with van der Waals surface area (Å²) in [6.07, 6.45) is 6.32. The molecule has 2 amide bonds. The molecule has 0 saturated carbocycles. The molecule has 6 rings (SSSR count). The number of carbonyl (C=O) groups excluding carboxylic acids is 3. The molecule has 2 N–H and O–H groups in total. The van der Waals surface area contributed by atoms with Crippen molar-refractivity contribution in [2.24, 2.45) is 11.8 Å². The second kappa shape index (κ2) is 10.5. The van der Waals surface area contributed by atoms with Crippen LogP contribution in [-0.4, -0.2) is 25.7 Å². The number of hydrogen-bond donors (Lipinski definition) is 2. The van der Waals surface area contributed by atoms with Crippen LogP contribution in [-0.2, 0) is 15.0 Å². The molecule has 3 aliphatic rings. The summed E-state index contributed by atoms with van der Waals surface area (Å²) in [5.74, 6) is -0.296. The van der Waals surface area contributed by atoms with E-state index in [1.165, 1.54) is 24.3 Å². The highest BCUT2D eigenvalue weighted by atomic mass is 35.5. The van der Waals surface area contributed by atoms with Crippen LogP contribution >= 0.6 is 23.2 Å². The van der Waals surface area contributed by atoms with Crippen molar-refractivity contribution < 1.29 is 23.5 Å². The van der Waals surface area contributed by atoms with Crippen LogP contribution in [0.25, 0.3) is 0 Å². The second-order valence-electron chi connectivity index (χ2n) is 10.6. The third-order valence-corrected chi connectivity index (χ3v) is 8.69. The molecular weight excluding hydrogens is 565 g/mol. The van der Waals surface area contributed by atoms with E-state index >= 15 is 0 Å². The number of allylic oxidation sites excluding steroid dienone is 4. The second-order valence-corrected chi connectivity index (χ2v) is 11.6. The van der Waals surface area contributed by atoms with Gasteiger partial charge in [-0.2, -0.15) is 4.39 Å². The van der Waals surface area contributed by atoms with Crippen LogP contribution in [0.2, 0.25) is 5.02 Å². The van der Waals surface area contributed by atoms with Crippen LogP contribution in [0, 0.1) is 11.8 Å². The minimum absolute atomic E-state index is 0.0889. The number of amides is 2. The molecule has 10 heteroatoms. The quantitative estimate of drug-likeness (QED) is 0.314. The molecule has 0 radical (unpaired) electrons. The maximum absolute atomic E-state index is 14.3. The molecule has 1 aliphatic carbocycles. The van der Waals surface area contributed by atoms with E-state index in [4.69, 9.17) is 27.9 Å². The number of benzene rings is 3. The number of hydrogen-bond acceptors (Lipinski definition) is 4. The first kappa shape index (κ1) is 27.3. The van der Waals surface area contributed by atoms with Crippen LogP contribution < -0.4 is 20.8 Å². The Hall–Kier alpha value is -3.88. The van der Waals surface area contributed by atoms with Gasteiger partial charge in [-0.25, -0.2) is 0 Å². The number of ether oxygens (including phenoxy) is 1. The zero-order valence-electron chi connectivity index (χ0n) is 21.9. The molecule has 1 unspecified atom stereocenters. The number of halogens is 3. The first-order valence-electron chi connectivity index (χ1n) is 13.2. The molecule has 41 heavy (non-hydrogen) atoms. The van der Waals surface area contributed by atoms with Gasteiger partial charge in [0.05, 0.1) is 11.6 Å². The molecular formula is C31H24BCl2FN2O4. The summed E-state index contributed by atoms with van der Waals surface area (Å²) in [6.45, 7) is 0. The fourth-order valence-electron chi connectivity index (χ4n) is 6.41. The van der Waals surface area contributed by atoms with E-state index in [0.717, 1.165) is 11.0 Å². The number of fused-ring (bicyclic) bond motifs is 2. The van der Waals surface area contributed by atoms with Crippen LogP contribution in [0.15, 0.2) is 83.9 Å². The van der Waals surface area contributed by atoms with Crippen molar-refractivity contribution in [2.75, 3.05) is 5.32 Å². The number of rotatable bonds is 5. The molecule has 1 saturated heterocycles. The van der Waals surface area contributed by atoms with Gasteiger partial charge >= 0.3 is 6.04 Å². The monoisotopic (exact) mass is 588 g/mol. The van der Waals surface area contributed by atoms with Gasteiger partial charge in [0.2, 0.25) is 11.8 Å². The van der Waals surface area contributed by atoms with E-state index in [1.54, 1.807) is 18.2 Å². The molecule has 0 aromatic heterocycles. The molecule has 0 bridgehead atoms. The summed E-state index contributed by atoms with van der Waals surface area (Å²) in [5.41, 5.74) is 1.53. The topological polar surface area (TPSA) is 84.5 Å². The van der Waals surface area contributed by atoms with Gasteiger partial charge in [0, 0.05) is 27.7 Å². The van der Waals surface area contributed by atoms with E-state index < -0.39 is 23.4 Å². The van der Waals surface area contributed by atoms with Gasteiger partial charge < -0.3 is 15.4 Å². The van der Waals surface area contributed by atoms with Gasteiger partial charge in [0.1, 0.15) is 24.8 Å². The lowest BCUT2D eigenvalue weighted by molar-refractivity contribution is -0.135. The van der Waals surface area contributed by atoms with E-state index in [1.807, 2.05) is 44.3 Å². The van der Waals surface area contributed by atoms with Crippen molar-refractivity contribution in [2.45, 2.75) is 24.3 Å². The van der Waals surface area contributed by atoms with E-state index in [-0.39, 0.29) is 29.7 Å². The smallest absolute Gasteiger partial charge is 0.332 e. The number of anilines is 1. The van der Waals surface area contributed by atoms with E-state index in [0.29, 0.717) is 39.2 Å². The zero-order chi connectivity index (χ0) is 28.9. The maximum atomic E-state index is 14.3. The van der Waals surface area contributed by atoms with Crippen LogP contribution in [0.5, 0.6) is 11.5 Å². The SMILES string of the molecule is Bc1ccc(Oc2ccc(C(=O)F)cc2)c([C@H]2NC(=O)CC([C@@H]3C=CC=C(Cl)C3)[C@]23C(=O)Nc2cc(Cl)ccc23)c1. The summed E-state index contributed by atoms with van der Waals surface area (Å²) in [4.78, 5) is 38.8. The summed E-state index contributed by atoms with van der Waals surface area (Å²) >= 11 is 12.8. The lowest BCUT2D eigenvalue weighted by Crippen LogP contribution is -2.59. The Morgan fingerprint density at radius 2 is 1.80 bits per heavy atom. The van der Waals surface area contributed by atoms with Crippen LogP contribution in [0.4, 0.5) is 10.1 Å². The lowest BCUT2D eigenvalue weighted by Gasteiger charge is -2.49. The van der Waals surface area contributed by atoms with Crippen LogP contribution in [0.3, 0.4) is 0 Å². The summed E-state index contributed by atoms with van der Waals surface area (Å²) in [5, 5.41) is 7.30. The van der Waals surface area contributed by atoms with Gasteiger partial charge in [-0.15, -0.1) is 0 Å². The van der Waals surface area contributed by atoms with Gasteiger partial charge in [-0.1, -0.05) is 59.0 Å². The lowest BCUT2D eigenvalue weighted by atomic mass is 9.56. The molecule has 2 heterocycles. The van der Waals surface area contributed by atoms with Crippen molar-refractivity contribution in [3.63, 3.8) is 0 Å². The highest BCUT2D eigenvalue weighted by Crippen LogP contribution is 2.58. The van der Waals surface area contributed by atoms with Crippen LogP contribution in [0.1, 0.15) is 40.4 Å². The van der Waals surface area contributed by atoms with E-state index in [9.17, 15) is 18.8 Å². The van der Waals surface area contributed by atoms with Crippen molar-refractivity contribution in [3.05, 3.63) is 106 Å². The normalized spacial score (nSPS) is 24.9. The van der Waals surface area contributed by atoms with Gasteiger partial charge in [0.15, 0.2) is 0 Å². The first-order valence-corrected chi connectivity index (χ1v) is 13.9. The standard InChI is InChI=1S/C31H24BCl2FN2O4/c32-18-6-11-26(41-21-8-4-16(5-9-21)29(35)39)22(13-18)28-31(23-10-7-20(34)14-25(23)36-30(31)40)24(15-27(38)37-28)17-2-1-3-19(33)12-17/h1-11,13-14,17,24,28H,12,15,32H2,(H,36,40)(H,37,38)/t17-,24?,28-,31+/m1/s1. The molecule has 1 spiro atoms. The summed E-state index contributed by atoms with van der Waals surface area (Å²) in [7, 11) is 1.92. The third-order valence-electron chi connectivity index (χ3n) is 8.17. The van der Waals surface area contributed by atoms with Crippen molar-refractivity contribution in [1.82, 2.24) is 5.32 Å². The van der Waals surface area contributed by atoms with Crippen molar-refractivity contribution >= 4 is 60.0 Å². The Labute approximate surface area is 247 Å². The minimum atomic E-state index is -1.54. The molecule has 3 aromatic rings. The zero-order valence-corrected chi connectivity index (χ0v) is 23.4. The Bertz CT molecular complexity index is 1660. The fraction of sp³-hybridized carbons (Fsp3) is 0.194. The minimum Gasteiger partial charge on any atom is -0.457 e. The Morgan fingerprint density at radius 1 is 1.02 bits per heavy atom. The average molecular weight is 589 g/mol. The Kier molecular flexibility index (Phi) is 7.00. The highest BCUT2D eigenvalue weighted by molar-refractivity contribution is 6.32. The summed E-state index contributed by atoms with van der Waals surface area (Å²) in [6, 6.07) is 14.2. The number of piperidine rings is 1. The Morgan fingerprint density at radius 3 is 2.54 bits per heavy atom. The molecule has 1 fully saturated rings. The number of nitrogens with one attached hydrogen (secondary N) is 2. The largest absolute Gasteiger partial charge is 0.457 e. The fourth-order valence-corrected chi connectivity index (χ4v) is 6.83. The Balaban J connectivity index is 1.53. The first-order chi connectivity index (χ1) is 19.7. The predicted molar refractivity (Wildman–Crippen MR) is 159 cm³/mol. The van der Waals surface area contributed by atoms with E-state index in [2.05, 4.69) is 10.6 Å². The average Bonchev–Trinajstić information content (AvgIpc) is 3.22. The van der Waals surface area contributed by atoms with Crippen molar-refractivity contribution in [1.29, 1.82) is 0 Å². The molecule has 206 valence electrons. The van der Waals surface area contributed by atoms with Crippen molar-refractivity contribution in [3.8, 4) is 11.5 Å². The maximum Gasteiger partial charge on any atom is 0.332 e. The van der Waals surface area contributed by atoms with Gasteiger partial charge in [-0.05, 0) is 72.4 Å². The van der Waals surface area contributed by atoms with Gasteiger partial charge in [0.25, 0.3) is 0 Å². The third kappa shape index (κ3) is 4.75. The highest BCUT2D eigenvalue weighted by Gasteiger charge is 2.62. The molecule has 4 atom stereocenters. The molecule has 3 aromatic carbocycles. The van der Waals surface area contributed by atoms with Gasteiger partial charge in [-0.3, -0.25) is 14.4 Å². The summed E-state index contributed by atoms with van der Waals surface area (Å²) < 4.78 is 19.4. The molecule has 6 nitrogen and oxygen atoms in total.